The molecule has 1 aliphatic rings. The number of halogens is 1. The Bertz CT molecular complexity index is 1060. The van der Waals surface area contributed by atoms with Crippen molar-refractivity contribution in [3.8, 4) is 0 Å². The van der Waals surface area contributed by atoms with Crippen molar-refractivity contribution in [3.05, 3.63) is 59.1 Å². The average Bonchev–Trinajstić information content (AvgIpc) is 2.78. The highest BCUT2D eigenvalue weighted by molar-refractivity contribution is 7.89. The summed E-state index contributed by atoms with van der Waals surface area (Å²) in [5, 5.41) is 6.19. The van der Waals surface area contributed by atoms with E-state index >= 15 is 0 Å². The molecule has 2 N–H and O–H groups in total. The van der Waals surface area contributed by atoms with Crippen LogP contribution in [0.3, 0.4) is 0 Å². The highest BCUT2D eigenvalue weighted by Crippen LogP contribution is 2.26. The van der Waals surface area contributed by atoms with E-state index in [1.807, 2.05) is 13.8 Å². The minimum absolute atomic E-state index is 0.186. The first kappa shape index (κ1) is 24.2. The fraction of sp³-hybridized carbons (Fsp3) is 0.391. The van der Waals surface area contributed by atoms with Crippen LogP contribution in [-0.4, -0.2) is 44.2 Å². The van der Waals surface area contributed by atoms with Gasteiger partial charge < -0.3 is 10.6 Å². The topological polar surface area (TPSA) is 95.6 Å². The fourth-order valence-corrected chi connectivity index (χ4v) is 5.13. The lowest BCUT2D eigenvalue weighted by Gasteiger charge is -2.30. The number of rotatable bonds is 7. The van der Waals surface area contributed by atoms with Crippen molar-refractivity contribution in [2.45, 2.75) is 31.6 Å². The lowest BCUT2D eigenvalue weighted by atomic mass is 9.97. The summed E-state index contributed by atoms with van der Waals surface area (Å²) in [7, 11) is -3.63. The van der Waals surface area contributed by atoms with Crippen molar-refractivity contribution in [2.75, 3.05) is 25.0 Å². The quantitative estimate of drug-likeness (QED) is 0.634. The Hall–Kier alpha value is -2.42. The predicted molar refractivity (Wildman–Crippen MR) is 125 cm³/mol. The molecular formula is C23H28ClN3O4S. The van der Waals surface area contributed by atoms with Gasteiger partial charge in [0.1, 0.15) is 0 Å². The zero-order chi connectivity index (χ0) is 23.3. The van der Waals surface area contributed by atoms with E-state index in [2.05, 4.69) is 10.6 Å². The summed E-state index contributed by atoms with van der Waals surface area (Å²) in [5.74, 6) is -0.468. The van der Waals surface area contributed by atoms with Gasteiger partial charge in [0.15, 0.2) is 0 Å². The number of amides is 2. The van der Waals surface area contributed by atoms with Gasteiger partial charge in [-0.25, -0.2) is 8.42 Å². The molecule has 0 unspecified atom stereocenters. The number of hydrogen-bond acceptors (Lipinski definition) is 4. The second-order valence-electron chi connectivity index (χ2n) is 8.27. The van der Waals surface area contributed by atoms with Crippen LogP contribution in [0.2, 0.25) is 5.02 Å². The third-order valence-electron chi connectivity index (χ3n) is 5.38. The SMILES string of the molecule is CC(C)CNC(=O)c1ccccc1NC(=O)C1CCN(S(=O)(=O)c2ccc(Cl)cc2)CC1. The van der Waals surface area contributed by atoms with E-state index in [1.54, 1.807) is 36.4 Å². The van der Waals surface area contributed by atoms with E-state index in [0.717, 1.165) is 0 Å². The average molecular weight is 478 g/mol. The molecule has 0 atom stereocenters. The number of carbonyl (C=O) groups excluding carboxylic acids is 2. The Morgan fingerprint density at radius 2 is 1.69 bits per heavy atom. The number of para-hydroxylation sites is 1. The normalized spacial score (nSPS) is 15.5. The van der Waals surface area contributed by atoms with Crippen LogP contribution in [0.15, 0.2) is 53.4 Å². The van der Waals surface area contributed by atoms with E-state index in [4.69, 9.17) is 11.6 Å². The lowest BCUT2D eigenvalue weighted by Crippen LogP contribution is -2.41. The summed E-state index contributed by atoms with van der Waals surface area (Å²) in [5.41, 5.74) is 0.860. The Morgan fingerprint density at radius 3 is 2.31 bits per heavy atom. The molecule has 0 spiro atoms. The molecule has 2 aromatic rings. The second-order valence-corrected chi connectivity index (χ2v) is 10.6. The number of nitrogens with one attached hydrogen (secondary N) is 2. The molecule has 0 aromatic heterocycles. The van der Waals surface area contributed by atoms with Crippen molar-refractivity contribution in [1.29, 1.82) is 0 Å². The van der Waals surface area contributed by atoms with E-state index < -0.39 is 10.0 Å². The van der Waals surface area contributed by atoms with Crippen molar-refractivity contribution in [2.24, 2.45) is 11.8 Å². The number of hydrogen-bond donors (Lipinski definition) is 2. The Labute approximate surface area is 194 Å². The van der Waals surface area contributed by atoms with Gasteiger partial charge in [-0.2, -0.15) is 4.31 Å². The minimum Gasteiger partial charge on any atom is -0.352 e. The van der Waals surface area contributed by atoms with Gasteiger partial charge >= 0.3 is 0 Å². The molecule has 0 aliphatic carbocycles. The van der Waals surface area contributed by atoms with Crippen LogP contribution in [0.25, 0.3) is 0 Å². The molecule has 3 rings (SSSR count). The lowest BCUT2D eigenvalue weighted by molar-refractivity contribution is -0.120. The zero-order valence-corrected chi connectivity index (χ0v) is 19.7. The summed E-state index contributed by atoms with van der Waals surface area (Å²) in [4.78, 5) is 25.5. The molecule has 1 fully saturated rings. The first-order valence-corrected chi connectivity index (χ1v) is 12.4. The van der Waals surface area contributed by atoms with Crippen LogP contribution >= 0.6 is 11.6 Å². The summed E-state index contributed by atoms with van der Waals surface area (Å²) in [6.45, 7) is 5.06. The van der Waals surface area contributed by atoms with Crippen LogP contribution in [0, 0.1) is 11.8 Å². The van der Waals surface area contributed by atoms with Crippen molar-refractivity contribution >= 4 is 39.1 Å². The van der Waals surface area contributed by atoms with E-state index in [9.17, 15) is 18.0 Å². The maximum absolute atomic E-state index is 12.8. The first-order chi connectivity index (χ1) is 15.2. The van der Waals surface area contributed by atoms with Gasteiger partial charge in [-0.15, -0.1) is 0 Å². The zero-order valence-electron chi connectivity index (χ0n) is 18.2. The Kier molecular flexibility index (Phi) is 7.92. The largest absolute Gasteiger partial charge is 0.352 e. The molecule has 172 valence electrons. The van der Waals surface area contributed by atoms with E-state index in [-0.39, 0.29) is 35.7 Å². The molecule has 7 nitrogen and oxygen atoms in total. The van der Waals surface area contributed by atoms with Gasteiger partial charge in [0, 0.05) is 30.6 Å². The highest BCUT2D eigenvalue weighted by atomic mass is 35.5. The van der Waals surface area contributed by atoms with Crippen molar-refractivity contribution in [1.82, 2.24) is 9.62 Å². The van der Waals surface area contributed by atoms with Gasteiger partial charge in [0.25, 0.3) is 5.91 Å². The third-order valence-corrected chi connectivity index (χ3v) is 7.54. The van der Waals surface area contributed by atoms with Crippen LogP contribution < -0.4 is 10.6 Å². The smallest absolute Gasteiger partial charge is 0.253 e. The highest BCUT2D eigenvalue weighted by Gasteiger charge is 2.32. The molecule has 0 radical (unpaired) electrons. The summed E-state index contributed by atoms with van der Waals surface area (Å²) < 4.78 is 27.1. The fourth-order valence-electron chi connectivity index (χ4n) is 3.53. The monoisotopic (exact) mass is 477 g/mol. The molecule has 1 aliphatic heterocycles. The van der Waals surface area contributed by atoms with Gasteiger partial charge in [-0.05, 0) is 55.2 Å². The molecule has 1 heterocycles. The van der Waals surface area contributed by atoms with Gasteiger partial charge in [-0.3, -0.25) is 9.59 Å². The molecule has 0 saturated carbocycles. The van der Waals surface area contributed by atoms with Gasteiger partial charge in [0.2, 0.25) is 15.9 Å². The van der Waals surface area contributed by atoms with Gasteiger partial charge in [0.05, 0.1) is 16.1 Å². The van der Waals surface area contributed by atoms with Crippen molar-refractivity contribution in [3.63, 3.8) is 0 Å². The maximum atomic E-state index is 12.8. The maximum Gasteiger partial charge on any atom is 0.253 e. The molecule has 9 heteroatoms. The predicted octanol–water partition coefficient (Wildman–Crippen LogP) is 3.77. The number of nitrogens with zero attached hydrogens (tertiary/aromatic N) is 1. The Balaban J connectivity index is 1.62. The van der Waals surface area contributed by atoms with Crippen molar-refractivity contribution < 1.29 is 18.0 Å². The minimum atomic E-state index is -3.63. The second kappa shape index (κ2) is 10.5. The number of piperidine rings is 1. The molecule has 2 amide bonds. The molecule has 0 bridgehead atoms. The summed E-state index contributed by atoms with van der Waals surface area (Å²) in [6.07, 6.45) is 0.806. The van der Waals surface area contributed by atoms with E-state index in [0.29, 0.717) is 41.6 Å². The summed E-state index contributed by atoms with van der Waals surface area (Å²) >= 11 is 5.85. The number of benzene rings is 2. The van der Waals surface area contributed by atoms with Crippen LogP contribution in [-0.2, 0) is 14.8 Å². The molecule has 2 aromatic carbocycles. The summed E-state index contributed by atoms with van der Waals surface area (Å²) in [6, 6.07) is 12.9. The molecule has 32 heavy (non-hydrogen) atoms. The molecular weight excluding hydrogens is 450 g/mol. The number of anilines is 1. The third kappa shape index (κ3) is 5.88. The molecule has 1 saturated heterocycles. The number of carbonyl (C=O) groups is 2. The van der Waals surface area contributed by atoms with Crippen LogP contribution in [0.1, 0.15) is 37.0 Å². The van der Waals surface area contributed by atoms with Crippen LogP contribution in [0.4, 0.5) is 5.69 Å². The standard InChI is InChI=1S/C23H28ClN3O4S/c1-16(2)15-25-23(29)20-5-3-4-6-21(20)26-22(28)17-11-13-27(14-12-17)32(30,31)19-9-7-18(24)8-10-19/h3-10,16-17H,11-15H2,1-2H3,(H,25,29)(H,26,28). The first-order valence-electron chi connectivity index (χ1n) is 10.6. The number of sulfonamides is 1. The van der Waals surface area contributed by atoms with Crippen LogP contribution in [0.5, 0.6) is 0 Å². The Morgan fingerprint density at radius 1 is 1.06 bits per heavy atom. The van der Waals surface area contributed by atoms with Gasteiger partial charge in [-0.1, -0.05) is 37.6 Å². The van der Waals surface area contributed by atoms with E-state index in [1.165, 1.54) is 16.4 Å².